The quantitative estimate of drug-likeness (QED) is 0.485. The minimum Gasteiger partial charge on any atom is -0.444 e. The molecule has 1 fully saturated rings. The summed E-state index contributed by atoms with van der Waals surface area (Å²) in [6.07, 6.45) is -0.848. The molecule has 0 spiro atoms. The van der Waals surface area contributed by atoms with E-state index in [2.05, 4.69) is 20.3 Å². The Bertz CT molecular complexity index is 1250. The number of H-pyrrole nitrogens is 1. The number of piperidine rings is 1. The second kappa shape index (κ2) is 9.20. The van der Waals surface area contributed by atoms with Gasteiger partial charge in [-0.2, -0.15) is 13.2 Å². The number of rotatable bonds is 4. The molecular formula is C24H26F3N5O3. The maximum absolute atomic E-state index is 13.8. The van der Waals surface area contributed by atoms with Crippen molar-refractivity contribution in [3.05, 3.63) is 41.7 Å². The first-order chi connectivity index (χ1) is 16.4. The Balaban J connectivity index is 1.63. The zero-order valence-electron chi connectivity index (χ0n) is 19.6. The number of alkyl halides is 3. The van der Waals surface area contributed by atoms with Crippen LogP contribution in [0.25, 0.3) is 22.2 Å². The number of nitrogens with zero attached hydrogens (tertiary/aromatic N) is 3. The maximum atomic E-state index is 13.8. The number of hydrogen-bond donors (Lipinski definition) is 2. The normalized spacial score (nSPS) is 16.9. The molecule has 1 atom stereocenters. The van der Waals surface area contributed by atoms with E-state index in [0.29, 0.717) is 48.7 Å². The highest BCUT2D eigenvalue weighted by atomic mass is 19.4. The predicted octanol–water partition coefficient (Wildman–Crippen LogP) is 5.27. The molecule has 1 unspecified atom stereocenters. The Kier molecular flexibility index (Phi) is 6.44. The molecular weight excluding hydrogens is 463 g/mol. The summed E-state index contributed by atoms with van der Waals surface area (Å²) in [6, 6.07) is 4.43. The van der Waals surface area contributed by atoms with Crippen molar-refractivity contribution in [1.29, 1.82) is 0 Å². The van der Waals surface area contributed by atoms with Crippen molar-refractivity contribution >= 4 is 29.2 Å². The summed E-state index contributed by atoms with van der Waals surface area (Å²) in [5.41, 5.74) is -0.712. The topological polar surface area (TPSA) is 100 Å². The fourth-order valence-electron chi connectivity index (χ4n) is 4.05. The Morgan fingerprint density at radius 3 is 2.74 bits per heavy atom. The molecule has 1 amide bonds. The lowest BCUT2D eigenvalue weighted by Gasteiger charge is -2.34. The van der Waals surface area contributed by atoms with Crippen LogP contribution in [-0.4, -0.2) is 57.0 Å². The number of ether oxygens (including phenoxy) is 1. The maximum Gasteiger partial charge on any atom is 0.419 e. The van der Waals surface area contributed by atoms with Crippen LogP contribution in [0.1, 0.15) is 49.5 Å². The Hall–Kier alpha value is -3.63. The van der Waals surface area contributed by atoms with Crippen molar-refractivity contribution in [2.45, 2.75) is 51.4 Å². The molecule has 3 heterocycles. The summed E-state index contributed by atoms with van der Waals surface area (Å²) in [6.45, 7) is 6.20. The molecule has 1 aromatic carbocycles. The Labute approximate surface area is 199 Å². The van der Waals surface area contributed by atoms with Crippen LogP contribution >= 0.6 is 0 Å². The van der Waals surface area contributed by atoms with E-state index in [0.717, 1.165) is 6.20 Å². The monoisotopic (exact) mass is 489 g/mol. The highest BCUT2D eigenvalue weighted by Crippen LogP contribution is 2.38. The number of aromatic nitrogens is 3. The number of anilines is 1. The number of benzene rings is 1. The lowest BCUT2D eigenvalue weighted by atomic mass is 10.0. The van der Waals surface area contributed by atoms with Gasteiger partial charge in [0.15, 0.2) is 0 Å². The smallest absolute Gasteiger partial charge is 0.419 e. The van der Waals surface area contributed by atoms with E-state index >= 15 is 0 Å². The van der Waals surface area contributed by atoms with Gasteiger partial charge >= 0.3 is 12.3 Å². The molecule has 0 aliphatic carbocycles. The van der Waals surface area contributed by atoms with Crippen LogP contribution in [0.2, 0.25) is 0 Å². The lowest BCUT2D eigenvalue weighted by Crippen LogP contribution is -2.47. The highest BCUT2D eigenvalue weighted by Gasteiger charge is 2.36. The van der Waals surface area contributed by atoms with Gasteiger partial charge in [-0.25, -0.2) is 14.8 Å². The SMILES string of the molecule is CC(C)(C)OC(=O)N1CCCC(Nc2ncc(C(F)(F)F)c(-c3c[nH]c4cc(C=O)ccc34)n2)C1. The van der Waals surface area contributed by atoms with Crippen LogP contribution in [-0.2, 0) is 10.9 Å². The summed E-state index contributed by atoms with van der Waals surface area (Å²) in [4.78, 5) is 36.1. The molecule has 2 aromatic heterocycles. The number of amides is 1. The molecule has 1 aliphatic heterocycles. The molecule has 1 aliphatic rings. The number of fused-ring (bicyclic) bond motifs is 1. The molecule has 186 valence electrons. The van der Waals surface area contributed by atoms with Crippen molar-refractivity contribution in [2.75, 3.05) is 18.4 Å². The number of halogens is 3. The number of aldehydes is 1. The fourth-order valence-corrected chi connectivity index (χ4v) is 4.05. The third-order valence-electron chi connectivity index (χ3n) is 5.60. The van der Waals surface area contributed by atoms with E-state index in [-0.39, 0.29) is 23.2 Å². The summed E-state index contributed by atoms with van der Waals surface area (Å²) >= 11 is 0. The zero-order valence-corrected chi connectivity index (χ0v) is 19.6. The first kappa shape index (κ1) is 24.5. The number of aromatic amines is 1. The molecule has 0 saturated carbocycles. The molecule has 0 bridgehead atoms. The number of carbonyl (C=O) groups is 2. The van der Waals surface area contributed by atoms with Crippen LogP contribution < -0.4 is 5.32 Å². The summed E-state index contributed by atoms with van der Waals surface area (Å²) in [7, 11) is 0. The van der Waals surface area contributed by atoms with Gasteiger partial charge in [-0.1, -0.05) is 12.1 Å². The van der Waals surface area contributed by atoms with Crippen molar-refractivity contribution in [1.82, 2.24) is 19.9 Å². The molecule has 0 radical (unpaired) electrons. The van der Waals surface area contributed by atoms with E-state index in [4.69, 9.17) is 4.74 Å². The van der Waals surface area contributed by atoms with Gasteiger partial charge in [0.1, 0.15) is 17.5 Å². The summed E-state index contributed by atoms with van der Waals surface area (Å²) in [5, 5.41) is 3.58. The Morgan fingerprint density at radius 2 is 2.06 bits per heavy atom. The van der Waals surface area contributed by atoms with E-state index in [1.165, 1.54) is 12.3 Å². The summed E-state index contributed by atoms with van der Waals surface area (Å²) in [5.74, 6) is 0.0305. The first-order valence-corrected chi connectivity index (χ1v) is 11.2. The second-order valence-electron chi connectivity index (χ2n) is 9.49. The van der Waals surface area contributed by atoms with Gasteiger partial charge in [-0.3, -0.25) is 4.79 Å². The van der Waals surface area contributed by atoms with Crippen LogP contribution in [0.4, 0.5) is 23.9 Å². The lowest BCUT2D eigenvalue weighted by molar-refractivity contribution is -0.137. The fraction of sp³-hybridized carbons (Fsp3) is 0.417. The average Bonchev–Trinajstić information content (AvgIpc) is 3.20. The number of carbonyl (C=O) groups excluding carboxylic acids is 2. The van der Waals surface area contributed by atoms with Crippen LogP contribution in [0.15, 0.2) is 30.6 Å². The minimum atomic E-state index is -4.67. The molecule has 11 heteroatoms. The molecule has 1 saturated heterocycles. The van der Waals surface area contributed by atoms with Gasteiger partial charge < -0.3 is 19.9 Å². The summed E-state index contributed by atoms with van der Waals surface area (Å²) < 4.78 is 46.9. The predicted molar refractivity (Wildman–Crippen MR) is 124 cm³/mol. The molecule has 3 aromatic rings. The third-order valence-corrected chi connectivity index (χ3v) is 5.60. The van der Waals surface area contributed by atoms with Crippen molar-refractivity contribution in [2.24, 2.45) is 0 Å². The minimum absolute atomic E-state index is 0.0305. The zero-order chi connectivity index (χ0) is 25.4. The van der Waals surface area contributed by atoms with Crippen molar-refractivity contribution in [3.8, 4) is 11.3 Å². The van der Waals surface area contributed by atoms with Crippen LogP contribution in [0.3, 0.4) is 0 Å². The molecule has 2 N–H and O–H groups in total. The molecule has 35 heavy (non-hydrogen) atoms. The van der Waals surface area contributed by atoms with E-state index in [9.17, 15) is 22.8 Å². The molecule has 4 rings (SSSR count). The second-order valence-corrected chi connectivity index (χ2v) is 9.49. The average molecular weight is 489 g/mol. The van der Waals surface area contributed by atoms with Gasteiger partial charge in [0.05, 0.1) is 5.69 Å². The van der Waals surface area contributed by atoms with E-state index < -0.39 is 23.4 Å². The standard InChI is InChI=1S/C24H26F3N5O3/c1-23(2,3)35-22(34)32-8-4-5-15(12-32)30-21-29-11-18(24(25,26)27)20(31-21)17-10-28-19-9-14(13-33)6-7-16(17)19/h6-7,9-11,13,15,28H,4-5,8,12H2,1-3H3,(H,29,30,31). The first-order valence-electron chi connectivity index (χ1n) is 11.2. The van der Waals surface area contributed by atoms with Crippen molar-refractivity contribution in [3.63, 3.8) is 0 Å². The third kappa shape index (κ3) is 5.55. The Morgan fingerprint density at radius 1 is 1.29 bits per heavy atom. The largest absolute Gasteiger partial charge is 0.444 e. The van der Waals surface area contributed by atoms with E-state index in [1.54, 1.807) is 37.8 Å². The van der Waals surface area contributed by atoms with E-state index in [1.807, 2.05) is 0 Å². The van der Waals surface area contributed by atoms with Gasteiger partial charge in [0, 0.05) is 53.6 Å². The van der Waals surface area contributed by atoms with Gasteiger partial charge in [-0.15, -0.1) is 0 Å². The van der Waals surface area contributed by atoms with Gasteiger partial charge in [0.25, 0.3) is 0 Å². The van der Waals surface area contributed by atoms with Gasteiger partial charge in [-0.05, 0) is 39.7 Å². The highest BCUT2D eigenvalue weighted by molar-refractivity contribution is 5.97. The van der Waals surface area contributed by atoms with Crippen LogP contribution in [0.5, 0.6) is 0 Å². The number of nitrogens with one attached hydrogen (secondary N) is 2. The number of likely N-dealkylation sites (tertiary alicyclic amines) is 1. The number of hydrogen-bond acceptors (Lipinski definition) is 6. The van der Waals surface area contributed by atoms with Crippen molar-refractivity contribution < 1.29 is 27.5 Å². The van der Waals surface area contributed by atoms with Crippen LogP contribution in [0, 0.1) is 0 Å². The van der Waals surface area contributed by atoms with Gasteiger partial charge in [0.2, 0.25) is 5.95 Å². The molecule has 8 nitrogen and oxygen atoms in total.